The third-order valence-electron chi connectivity index (χ3n) is 1.96. The molecule has 0 aromatic carbocycles. The van der Waals surface area contributed by atoms with E-state index in [1.165, 1.54) is 6.20 Å². The number of aromatic nitrogens is 1. The first kappa shape index (κ1) is 11.2. The number of nitrogens with one attached hydrogen (secondary N) is 1. The Balaban J connectivity index is 2.60. The molecule has 1 N–H and O–H groups in total. The van der Waals surface area contributed by atoms with E-state index in [2.05, 4.69) is 16.4 Å². The average molecular weight is 203 g/mol. The van der Waals surface area contributed by atoms with Crippen LogP contribution in [-0.4, -0.2) is 16.9 Å². The highest BCUT2D eigenvalue weighted by atomic mass is 16.1. The molecule has 1 unspecified atom stereocenters. The molecule has 1 aromatic rings. The number of carbonyl (C=O) groups is 1. The van der Waals surface area contributed by atoms with Crippen LogP contribution in [0.2, 0.25) is 0 Å². The second-order valence-electron chi connectivity index (χ2n) is 3.19. The molecule has 1 heterocycles. The number of pyridine rings is 1. The normalized spacial score (nSPS) is 11.5. The Kier molecular flexibility index (Phi) is 4.30. The van der Waals surface area contributed by atoms with Crippen molar-refractivity contribution in [2.75, 3.05) is 0 Å². The van der Waals surface area contributed by atoms with Gasteiger partial charge in [0.25, 0.3) is 5.91 Å². The van der Waals surface area contributed by atoms with Crippen molar-refractivity contribution in [3.05, 3.63) is 30.1 Å². The summed E-state index contributed by atoms with van der Waals surface area (Å²) in [7, 11) is 0. The van der Waals surface area contributed by atoms with E-state index in [1.807, 2.05) is 6.92 Å². The quantitative estimate of drug-likeness (QED) is 0.806. The van der Waals surface area contributed by atoms with Gasteiger partial charge in [0.15, 0.2) is 0 Å². The van der Waals surface area contributed by atoms with Crippen molar-refractivity contribution in [3.63, 3.8) is 0 Å². The van der Waals surface area contributed by atoms with E-state index in [0.29, 0.717) is 12.0 Å². The topological polar surface area (TPSA) is 65.8 Å². The van der Waals surface area contributed by atoms with Crippen LogP contribution < -0.4 is 5.32 Å². The lowest BCUT2D eigenvalue weighted by atomic mass is 10.1. The number of rotatable bonds is 4. The predicted molar refractivity (Wildman–Crippen MR) is 56.0 cm³/mol. The zero-order valence-electron chi connectivity index (χ0n) is 8.60. The van der Waals surface area contributed by atoms with Gasteiger partial charge < -0.3 is 5.32 Å². The van der Waals surface area contributed by atoms with Crippen LogP contribution in [0, 0.1) is 11.3 Å². The molecule has 0 aliphatic carbocycles. The molecular formula is C11H13N3O. The molecular weight excluding hydrogens is 190 g/mol. The molecule has 0 aliphatic rings. The maximum atomic E-state index is 11.6. The van der Waals surface area contributed by atoms with E-state index in [4.69, 9.17) is 5.26 Å². The Bertz CT molecular complexity index is 356. The van der Waals surface area contributed by atoms with Gasteiger partial charge in [-0.1, -0.05) is 13.3 Å². The molecule has 15 heavy (non-hydrogen) atoms. The highest BCUT2D eigenvalue weighted by Gasteiger charge is 2.11. The molecule has 0 radical (unpaired) electrons. The molecule has 1 rings (SSSR count). The van der Waals surface area contributed by atoms with Gasteiger partial charge in [-0.2, -0.15) is 5.26 Å². The van der Waals surface area contributed by atoms with Gasteiger partial charge in [-0.05, 0) is 18.6 Å². The Hall–Kier alpha value is -1.89. The number of hydrogen-bond acceptors (Lipinski definition) is 3. The molecule has 0 fully saturated rings. The second-order valence-corrected chi connectivity index (χ2v) is 3.19. The zero-order chi connectivity index (χ0) is 11.1. The van der Waals surface area contributed by atoms with Crippen molar-refractivity contribution in [2.24, 2.45) is 0 Å². The molecule has 4 heteroatoms. The monoisotopic (exact) mass is 203 g/mol. The highest BCUT2D eigenvalue weighted by Crippen LogP contribution is 1.99. The smallest absolute Gasteiger partial charge is 0.253 e. The van der Waals surface area contributed by atoms with Crippen molar-refractivity contribution in [3.8, 4) is 6.07 Å². The number of nitrogens with zero attached hydrogens (tertiary/aromatic N) is 2. The van der Waals surface area contributed by atoms with Gasteiger partial charge in [-0.25, -0.2) is 0 Å². The molecule has 0 saturated carbocycles. The molecule has 0 bridgehead atoms. The molecule has 0 aliphatic heterocycles. The van der Waals surface area contributed by atoms with Gasteiger partial charge in [-0.15, -0.1) is 0 Å². The van der Waals surface area contributed by atoms with Gasteiger partial charge >= 0.3 is 0 Å². The Morgan fingerprint density at radius 1 is 1.73 bits per heavy atom. The first-order chi connectivity index (χ1) is 7.27. The van der Waals surface area contributed by atoms with E-state index in [1.54, 1.807) is 18.3 Å². The Labute approximate surface area is 88.9 Å². The standard InChI is InChI=1S/C11H13N3O/c1-2-4-10(7-12)14-11(15)9-5-3-6-13-8-9/h3,5-6,8,10H,2,4H2,1H3,(H,14,15). The van der Waals surface area contributed by atoms with Gasteiger partial charge in [0.2, 0.25) is 0 Å². The third-order valence-corrected chi connectivity index (χ3v) is 1.96. The van der Waals surface area contributed by atoms with Crippen LogP contribution in [0.1, 0.15) is 30.1 Å². The van der Waals surface area contributed by atoms with Crippen molar-refractivity contribution >= 4 is 5.91 Å². The van der Waals surface area contributed by atoms with Crippen LogP contribution in [0.4, 0.5) is 0 Å². The summed E-state index contributed by atoms with van der Waals surface area (Å²) in [6.07, 6.45) is 4.62. The Morgan fingerprint density at radius 3 is 3.07 bits per heavy atom. The minimum absolute atomic E-state index is 0.247. The summed E-state index contributed by atoms with van der Waals surface area (Å²) in [5.74, 6) is -0.247. The van der Waals surface area contributed by atoms with E-state index in [0.717, 1.165) is 6.42 Å². The van der Waals surface area contributed by atoms with Crippen LogP contribution in [-0.2, 0) is 0 Å². The van der Waals surface area contributed by atoms with Crippen LogP contribution in [0.15, 0.2) is 24.5 Å². The van der Waals surface area contributed by atoms with Gasteiger partial charge in [0, 0.05) is 12.4 Å². The second kappa shape index (κ2) is 5.76. The van der Waals surface area contributed by atoms with Crippen molar-refractivity contribution < 1.29 is 4.79 Å². The summed E-state index contributed by atoms with van der Waals surface area (Å²) in [6.45, 7) is 1.97. The molecule has 0 spiro atoms. The number of hydrogen-bond donors (Lipinski definition) is 1. The summed E-state index contributed by atoms with van der Waals surface area (Å²) in [5.41, 5.74) is 0.480. The molecule has 1 aromatic heterocycles. The maximum absolute atomic E-state index is 11.6. The predicted octanol–water partition coefficient (Wildman–Crippen LogP) is 1.50. The SMILES string of the molecule is CCCC(C#N)NC(=O)c1cccnc1. The van der Waals surface area contributed by atoms with Crippen LogP contribution >= 0.6 is 0 Å². The lowest BCUT2D eigenvalue weighted by Gasteiger charge is -2.09. The van der Waals surface area contributed by atoms with E-state index in [-0.39, 0.29) is 5.91 Å². The lowest BCUT2D eigenvalue weighted by Crippen LogP contribution is -2.33. The fraction of sp³-hybridized carbons (Fsp3) is 0.364. The number of nitriles is 1. The number of carbonyl (C=O) groups excluding carboxylic acids is 1. The van der Waals surface area contributed by atoms with E-state index in [9.17, 15) is 4.79 Å². The molecule has 1 atom stereocenters. The third kappa shape index (κ3) is 3.39. The van der Waals surface area contributed by atoms with E-state index >= 15 is 0 Å². The summed E-state index contributed by atoms with van der Waals surface area (Å²) < 4.78 is 0. The summed E-state index contributed by atoms with van der Waals surface area (Å²) in [6, 6.07) is 5.00. The first-order valence-electron chi connectivity index (χ1n) is 4.88. The van der Waals surface area contributed by atoms with Crippen LogP contribution in [0.5, 0.6) is 0 Å². The maximum Gasteiger partial charge on any atom is 0.253 e. The van der Waals surface area contributed by atoms with Gasteiger partial charge in [0.1, 0.15) is 6.04 Å². The fourth-order valence-corrected chi connectivity index (χ4v) is 1.20. The fourth-order valence-electron chi connectivity index (χ4n) is 1.20. The summed E-state index contributed by atoms with van der Waals surface area (Å²) in [4.78, 5) is 15.4. The first-order valence-corrected chi connectivity index (χ1v) is 4.88. The minimum atomic E-state index is -0.414. The molecule has 4 nitrogen and oxygen atoms in total. The molecule has 0 saturated heterocycles. The van der Waals surface area contributed by atoms with Crippen molar-refractivity contribution in [2.45, 2.75) is 25.8 Å². The highest BCUT2D eigenvalue weighted by molar-refractivity contribution is 5.94. The number of amides is 1. The Morgan fingerprint density at radius 2 is 2.53 bits per heavy atom. The molecule has 1 amide bonds. The minimum Gasteiger partial charge on any atom is -0.336 e. The van der Waals surface area contributed by atoms with Crippen LogP contribution in [0.3, 0.4) is 0 Å². The van der Waals surface area contributed by atoms with Crippen LogP contribution in [0.25, 0.3) is 0 Å². The molecule has 78 valence electrons. The van der Waals surface area contributed by atoms with Crippen molar-refractivity contribution in [1.82, 2.24) is 10.3 Å². The summed E-state index contributed by atoms with van der Waals surface area (Å²) >= 11 is 0. The van der Waals surface area contributed by atoms with Crippen molar-refractivity contribution in [1.29, 1.82) is 5.26 Å². The lowest BCUT2D eigenvalue weighted by molar-refractivity contribution is 0.0943. The van der Waals surface area contributed by atoms with Gasteiger partial charge in [0.05, 0.1) is 11.6 Å². The summed E-state index contributed by atoms with van der Waals surface area (Å²) in [5, 5.41) is 11.4. The van der Waals surface area contributed by atoms with Gasteiger partial charge in [-0.3, -0.25) is 9.78 Å². The zero-order valence-corrected chi connectivity index (χ0v) is 8.60. The largest absolute Gasteiger partial charge is 0.336 e. The average Bonchev–Trinajstić information content (AvgIpc) is 2.29. The van der Waals surface area contributed by atoms with E-state index < -0.39 is 6.04 Å².